The molecule has 0 aromatic heterocycles. The Morgan fingerprint density at radius 1 is 1.08 bits per heavy atom. The van der Waals surface area contributed by atoms with Gasteiger partial charge in [-0.1, -0.05) is 20.3 Å². The van der Waals surface area contributed by atoms with E-state index in [1.807, 2.05) is 13.8 Å². The van der Waals surface area contributed by atoms with Gasteiger partial charge in [0.2, 0.25) is 23.6 Å². The fraction of sp³-hybridized carbons (Fsp3) is 0.742. The van der Waals surface area contributed by atoms with E-state index in [9.17, 15) is 43.8 Å². The predicted molar refractivity (Wildman–Crippen MR) is 169 cm³/mol. The van der Waals surface area contributed by atoms with E-state index in [0.717, 1.165) is 10.0 Å². The summed E-state index contributed by atoms with van der Waals surface area (Å²) >= 11 is 0. The van der Waals surface area contributed by atoms with Gasteiger partial charge in [0, 0.05) is 19.2 Å². The lowest BCUT2D eigenvalue weighted by atomic mass is 9.96. The van der Waals surface area contributed by atoms with Crippen LogP contribution in [0.15, 0.2) is 5.10 Å². The van der Waals surface area contributed by atoms with Gasteiger partial charge in [-0.15, -0.1) is 0 Å². The number of fused-ring (bicyclic) bond motifs is 1. The number of hydrazine groups is 1. The number of aliphatic hydroxyl groups is 1. The van der Waals surface area contributed by atoms with Crippen LogP contribution in [0.1, 0.15) is 85.5 Å². The molecule has 0 saturated carbocycles. The van der Waals surface area contributed by atoms with Crippen molar-refractivity contribution in [1.29, 1.82) is 0 Å². The molecule has 3 aliphatic heterocycles. The summed E-state index contributed by atoms with van der Waals surface area (Å²) in [5, 5.41) is 33.1. The Morgan fingerprint density at radius 2 is 1.81 bits per heavy atom. The van der Waals surface area contributed by atoms with Crippen LogP contribution >= 0.6 is 0 Å². The van der Waals surface area contributed by atoms with Crippen molar-refractivity contribution >= 4 is 47.7 Å². The fourth-order valence-electron chi connectivity index (χ4n) is 5.80. The number of carboxylic acid groups (broad SMARTS) is 1. The van der Waals surface area contributed by atoms with Gasteiger partial charge in [-0.05, 0) is 64.7 Å². The zero-order valence-corrected chi connectivity index (χ0v) is 28.0. The highest BCUT2D eigenvalue weighted by Gasteiger charge is 2.40. The van der Waals surface area contributed by atoms with Crippen LogP contribution in [0.5, 0.6) is 0 Å². The first-order valence-electron chi connectivity index (χ1n) is 16.6. The van der Waals surface area contributed by atoms with Crippen LogP contribution in [-0.2, 0) is 38.3 Å². The molecule has 7 atom stereocenters. The number of hydrazone groups is 1. The van der Waals surface area contributed by atoms with Gasteiger partial charge >= 0.3 is 11.9 Å². The number of hydrogen-bond acceptors (Lipinski definition) is 11. The first kappa shape index (κ1) is 38.3. The number of rotatable bonds is 11. The molecule has 0 radical (unpaired) electrons. The molecular formula is C31H49N7O10. The second-order valence-electron chi connectivity index (χ2n) is 13.0. The van der Waals surface area contributed by atoms with Crippen molar-refractivity contribution < 1.29 is 48.5 Å². The molecule has 6 N–H and O–H groups in total. The maximum atomic E-state index is 13.7. The molecule has 0 aromatic rings. The van der Waals surface area contributed by atoms with Gasteiger partial charge in [0.05, 0.1) is 12.0 Å². The molecule has 0 bridgehead atoms. The van der Waals surface area contributed by atoms with Crippen molar-refractivity contribution in [2.24, 2.45) is 16.9 Å². The number of esters is 1. The van der Waals surface area contributed by atoms with E-state index in [-0.39, 0.29) is 31.6 Å². The molecule has 48 heavy (non-hydrogen) atoms. The molecule has 0 spiro atoms. The van der Waals surface area contributed by atoms with E-state index in [0.29, 0.717) is 32.2 Å². The van der Waals surface area contributed by atoms with Gasteiger partial charge < -0.3 is 30.9 Å². The number of hydrogen-bond donors (Lipinski definition) is 6. The number of aliphatic carboxylic acids is 1. The Bertz CT molecular complexity index is 1240. The van der Waals surface area contributed by atoms with E-state index in [1.54, 1.807) is 6.92 Å². The quantitative estimate of drug-likeness (QED) is 0.148. The summed E-state index contributed by atoms with van der Waals surface area (Å²) in [5.74, 6) is -6.63. The standard InChI is InChI=1S/C31H49N7O10/c1-17(2)14-21-26(41)34-19(4)29(44)38-24(11-7-13-33-38)31(47)48-16-22(27(42)35-21)36-28(43)23-10-6-12-32-37(23)25(40)15-20(30(45)46)9-5-8-18(3)39/h12,17-24,33,39H,5-11,13-16H2,1-4H3,(H,34,41)(H,35,42)(H,36,43)(H,45,46)/t18?,19-,20+,21+,22-,23-,24-/m0/s1. The predicted octanol–water partition coefficient (Wildman–Crippen LogP) is -0.822. The van der Waals surface area contributed by atoms with E-state index in [2.05, 4.69) is 26.5 Å². The van der Waals surface area contributed by atoms with Crippen LogP contribution in [0.2, 0.25) is 0 Å². The topological polar surface area (TPSA) is 236 Å². The molecule has 0 aliphatic carbocycles. The molecule has 2 fully saturated rings. The van der Waals surface area contributed by atoms with Crippen LogP contribution in [0.4, 0.5) is 0 Å². The number of aliphatic hydroxyl groups excluding tert-OH is 1. The number of amides is 5. The van der Waals surface area contributed by atoms with Crippen molar-refractivity contribution in [2.45, 2.75) is 122 Å². The highest BCUT2D eigenvalue weighted by Crippen LogP contribution is 2.21. The van der Waals surface area contributed by atoms with Crippen molar-refractivity contribution in [1.82, 2.24) is 31.4 Å². The van der Waals surface area contributed by atoms with Gasteiger partial charge in [-0.3, -0.25) is 33.8 Å². The van der Waals surface area contributed by atoms with Crippen LogP contribution in [0, 0.1) is 11.8 Å². The molecule has 1 unspecified atom stereocenters. The Hall–Kier alpha value is -4.12. The highest BCUT2D eigenvalue weighted by atomic mass is 16.5. The number of nitrogens with zero attached hydrogens (tertiary/aromatic N) is 3. The molecule has 17 nitrogen and oxygen atoms in total. The van der Waals surface area contributed by atoms with Gasteiger partial charge in [-0.25, -0.2) is 15.2 Å². The first-order valence-corrected chi connectivity index (χ1v) is 16.6. The molecule has 3 rings (SSSR count). The minimum Gasteiger partial charge on any atom is -0.481 e. The summed E-state index contributed by atoms with van der Waals surface area (Å²) in [6.45, 7) is 6.53. The Kier molecular flexibility index (Phi) is 14.3. The monoisotopic (exact) mass is 679 g/mol. The van der Waals surface area contributed by atoms with Crippen LogP contribution in [0.25, 0.3) is 0 Å². The number of cyclic esters (lactones) is 1. The summed E-state index contributed by atoms with van der Waals surface area (Å²) in [6.07, 6.45) is 2.71. The van der Waals surface area contributed by atoms with E-state index in [1.165, 1.54) is 13.1 Å². The number of carboxylic acids is 1. The molecule has 268 valence electrons. The van der Waals surface area contributed by atoms with Crippen LogP contribution in [0.3, 0.4) is 0 Å². The zero-order chi connectivity index (χ0) is 35.5. The Morgan fingerprint density at radius 3 is 2.48 bits per heavy atom. The third kappa shape index (κ3) is 10.7. The first-order chi connectivity index (χ1) is 22.7. The lowest BCUT2D eigenvalue weighted by Gasteiger charge is -2.36. The van der Waals surface area contributed by atoms with Crippen molar-refractivity contribution in [3.8, 4) is 0 Å². The van der Waals surface area contributed by atoms with E-state index >= 15 is 0 Å². The van der Waals surface area contributed by atoms with E-state index < -0.39 is 96.7 Å². The molecule has 3 aliphatic rings. The summed E-state index contributed by atoms with van der Waals surface area (Å²) in [5.41, 5.74) is 2.89. The Labute approximate surface area is 279 Å². The average molecular weight is 680 g/mol. The van der Waals surface area contributed by atoms with Crippen LogP contribution in [-0.4, -0.2) is 117 Å². The summed E-state index contributed by atoms with van der Waals surface area (Å²) < 4.78 is 5.48. The van der Waals surface area contributed by atoms with E-state index in [4.69, 9.17) is 4.74 Å². The van der Waals surface area contributed by atoms with Gasteiger partial charge in [0.15, 0.2) is 0 Å². The molecular weight excluding hydrogens is 630 g/mol. The summed E-state index contributed by atoms with van der Waals surface area (Å²) in [4.78, 5) is 92.1. The molecule has 0 aromatic carbocycles. The number of ether oxygens (including phenoxy) is 1. The summed E-state index contributed by atoms with van der Waals surface area (Å²) in [7, 11) is 0. The van der Waals surface area contributed by atoms with Crippen molar-refractivity contribution in [3.05, 3.63) is 0 Å². The zero-order valence-electron chi connectivity index (χ0n) is 28.0. The third-order valence-corrected chi connectivity index (χ3v) is 8.43. The molecule has 3 heterocycles. The maximum absolute atomic E-state index is 13.7. The third-order valence-electron chi connectivity index (χ3n) is 8.43. The van der Waals surface area contributed by atoms with Gasteiger partial charge in [0.1, 0.15) is 36.8 Å². The van der Waals surface area contributed by atoms with Crippen molar-refractivity contribution in [3.63, 3.8) is 0 Å². The normalized spacial score (nSPS) is 26.9. The smallest absolute Gasteiger partial charge is 0.330 e. The molecule has 17 heteroatoms. The largest absolute Gasteiger partial charge is 0.481 e. The average Bonchev–Trinajstić information content (AvgIpc) is 3.04. The SMILES string of the molecule is CC(C)C[C@H]1NC(=O)[C@@H](NC(=O)[C@@H]2CCC=NN2C(=O)C[C@@H](CCCC(C)O)C(=O)O)COC(=O)[C@@H]2CCCNN2C(=O)[C@H](C)NC1=O. The van der Waals surface area contributed by atoms with Gasteiger partial charge in [-0.2, -0.15) is 5.10 Å². The second kappa shape index (κ2) is 17.9. The van der Waals surface area contributed by atoms with Crippen LogP contribution < -0.4 is 21.4 Å². The van der Waals surface area contributed by atoms with Crippen molar-refractivity contribution in [2.75, 3.05) is 13.2 Å². The maximum Gasteiger partial charge on any atom is 0.330 e. The lowest BCUT2D eigenvalue weighted by Crippen LogP contribution is -2.61. The minimum atomic E-state index is -1.49. The fourth-order valence-corrected chi connectivity index (χ4v) is 5.80. The summed E-state index contributed by atoms with van der Waals surface area (Å²) in [6, 6.07) is -5.85. The second-order valence-corrected chi connectivity index (χ2v) is 13.0. The Balaban J connectivity index is 1.83. The lowest BCUT2D eigenvalue weighted by molar-refractivity contribution is -0.162. The number of carbonyl (C=O) groups is 7. The minimum absolute atomic E-state index is 0.0527. The highest BCUT2D eigenvalue weighted by molar-refractivity contribution is 5.97. The van der Waals surface area contributed by atoms with Gasteiger partial charge in [0.25, 0.3) is 5.91 Å². The number of nitrogens with one attached hydrogen (secondary N) is 4. The molecule has 5 amide bonds. The molecule has 2 saturated heterocycles. The number of carbonyl (C=O) groups excluding carboxylic acids is 6.